The molecule has 1 fully saturated rings. The summed E-state index contributed by atoms with van der Waals surface area (Å²) in [5.41, 5.74) is 0.571. The minimum Gasteiger partial charge on any atom is -0.355 e. The minimum atomic E-state index is 0.571. The fourth-order valence-electron chi connectivity index (χ4n) is 1.78. The van der Waals surface area contributed by atoms with Crippen molar-refractivity contribution in [2.75, 3.05) is 18.0 Å². The van der Waals surface area contributed by atoms with Crippen LogP contribution >= 0.6 is 0 Å². The number of nitrogens with zero attached hydrogens (tertiary/aromatic N) is 4. The summed E-state index contributed by atoms with van der Waals surface area (Å²) in [6, 6.07) is 2.12. The first kappa shape index (κ1) is 8.95. The van der Waals surface area contributed by atoms with E-state index in [1.807, 2.05) is 0 Å². The van der Waals surface area contributed by atoms with Gasteiger partial charge < -0.3 is 4.90 Å². The van der Waals surface area contributed by atoms with Crippen molar-refractivity contribution < 1.29 is 0 Å². The topological polar surface area (TPSA) is 52.8 Å². The molecule has 0 aromatic carbocycles. The van der Waals surface area contributed by atoms with Gasteiger partial charge >= 0.3 is 0 Å². The maximum absolute atomic E-state index is 8.89. The molecule has 1 saturated heterocycles. The molecular formula is C10H12N4. The summed E-state index contributed by atoms with van der Waals surface area (Å²) in [6.45, 7) is 4.20. The second-order valence-electron chi connectivity index (χ2n) is 3.71. The highest BCUT2D eigenvalue weighted by molar-refractivity contribution is 5.52. The Morgan fingerprint density at radius 3 is 3.14 bits per heavy atom. The lowest BCUT2D eigenvalue weighted by molar-refractivity contribution is 0.658. The van der Waals surface area contributed by atoms with E-state index in [9.17, 15) is 0 Å². The van der Waals surface area contributed by atoms with Crippen molar-refractivity contribution >= 4 is 5.82 Å². The van der Waals surface area contributed by atoms with Crippen molar-refractivity contribution in [3.8, 4) is 6.07 Å². The summed E-state index contributed by atoms with van der Waals surface area (Å²) >= 11 is 0. The lowest BCUT2D eigenvalue weighted by Crippen LogP contribution is -2.21. The van der Waals surface area contributed by atoms with Gasteiger partial charge in [0.2, 0.25) is 0 Å². The highest BCUT2D eigenvalue weighted by Gasteiger charge is 2.21. The number of aromatic nitrogens is 2. The lowest BCUT2D eigenvalue weighted by Gasteiger charge is -2.17. The summed E-state index contributed by atoms with van der Waals surface area (Å²) in [4.78, 5) is 10.2. The highest BCUT2D eigenvalue weighted by Crippen LogP contribution is 2.23. The fraction of sp³-hybridized carbons (Fsp3) is 0.500. The Bertz CT molecular complexity index is 369. The van der Waals surface area contributed by atoms with Crippen molar-refractivity contribution in [1.29, 1.82) is 5.26 Å². The van der Waals surface area contributed by atoms with Crippen LogP contribution in [0.1, 0.15) is 18.9 Å². The van der Waals surface area contributed by atoms with Gasteiger partial charge in [0.15, 0.2) is 0 Å². The molecule has 0 amide bonds. The third-order valence-corrected chi connectivity index (χ3v) is 2.54. The summed E-state index contributed by atoms with van der Waals surface area (Å²) < 4.78 is 0. The zero-order valence-electron chi connectivity index (χ0n) is 8.14. The molecule has 14 heavy (non-hydrogen) atoms. The standard InChI is InChI=1S/C10H12N4/c1-8-2-3-14(6-8)10-9(4-11)5-12-7-13-10/h5,7-8H,2-3,6H2,1H3. The number of anilines is 1. The normalized spacial score (nSPS) is 20.9. The maximum Gasteiger partial charge on any atom is 0.149 e. The van der Waals surface area contributed by atoms with E-state index in [0.717, 1.165) is 18.9 Å². The second-order valence-corrected chi connectivity index (χ2v) is 3.71. The Balaban J connectivity index is 2.28. The predicted octanol–water partition coefficient (Wildman–Crippen LogP) is 1.19. The Morgan fingerprint density at radius 2 is 2.50 bits per heavy atom. The van der Waals surface area contributed by atoms with E-state index in [1.165, 1.54) is 12.7 Å². The lowest BCUT2D eigenvalue weighted by atomic mass is 10.2. The molecule has 1 aromatic heterocycles. The third kappa shape index (κ3) is 1.53. The van der Waals surface area contributed by atoms with E-state index < -0.39 is 0 Å². The highest BCUT2D eigenvalue weighted by atomic mass is 15.2. The fourth-order valence-corrected chi connectivity index (χ4v) is 1.78. The maximum atomic E-state index is 8.89. The van der Waals surface area contributed by atoms with E-state index in [0.29, 0.717) is 11.5 Å². The Morgan fingerprint density at radius 1 is 1.64 bits per heavy atom. The van der Waals surface area contributed by atoms with Crippen LogP contribution in [0, 0.1) is 17.2 Å². The molecule has 1 aliphatic heterocycles. The molecule has 1 atom stereocenters. The first-order valence-electron chi connectivity index (χ1n) is 4.76. The van der Waals surface area contributed by atoms with E-state index in [2.05, 4.69) is 27.9 Å². The van der Waals surface area contributed by atoms with Crippen molar-refractivity contribution in [2.24, 2.45) is 5.92 Å². The van der Waals surface area contributed by atoms with Crippen LogP contribution in [-0.2, 0) is 0 Å². The van der Waals surface area contributed by atoms with Crippen LogP contribution in [0.25, 0.3) is 0 Å². The van der Waals surface area contributed by atoms with E-state index in [4.69, 9.17) is 5.26 Å². The van der Waals surface area contributed by atoms with Gasteiger partial charge in [-0.15, -0.1) is 0 Å². The average molecular weight is 188 g/mol. The van der Waals surface area contributed by atoms with Crippen LogP contribution in [0.15, 0.2) is 12.5 Å². The van der Waals surface area contributed by atoms with Crippen LogP contribution in [0.2, 0.25) is 0 Å². The summed E-state index contributed by atoms with van der Waals surface area (Å²) in [7, 11) is 0. The van der Waals surface area contributed by atoms with Crippen LogP contribution in [-0.4, -0.2) is 23.1 Å². The SMILES string of the molecule is CC1CCN(c2ncncc2C#N)C1. The van der Waals surface area contributed by atoms with E-state index in [-0.39, 0.29) is 0 Å². The van der Waals surface area contributed by atoms with Gasteiger partial charge in [-0.25, -0.2) is 9.97 Å². The number of nitriles is 1. The van der Waals surface area contributed by atoms with Gasteiger partial charge in [0, 0.05) is 13.1 Å². The molecule has 72 valence electrons. The van der Waals surface area contributed by atoms with Crippen molar-refractivity contribution in [3.63, 3.8) is 0 Å². The van der Waals surface area contributed by atoms with Crippen LogP contribution in [0.5, 0.6) is 0 Å². The van der Waals surface area contributed by atoms with Gasteiger partial charge in [-0.3, -0.25) is 0 Å². The van der Waals surface area contributed by atoms with Gasteiger partial charge in [0.05, 0.1) is 6.20 Å². The predicted molar refractivity (Wildman–Crippen MR) is 52.7 cm³/mol. The molecule has 0 bridgehead atoms. The van der Waals surface area contributed by atoms with E-state index in [1.54, 1.807) is 6.20 Å². The first-order valence-corrected chi connectivity index (χ1v) is 4.76. The average Bonchev–Trinajstić information content (AvgIpc) is 2.65. The summed E-state index contributed by atoms with van der Waals surface area (Å²) in [5.74, 6) is 1.48. The van der Waals surface area contributed by atoms with Crippen molar-refractivity contribution in [3.05, 3.63) is 18.1 Å². The Kier molecular flexibility index (Phi) is 2.32. The smallest absolute Gasteiger partial charge is 0.149 e. The number of rotatable bonds is 1. The summed E-state index contributed by atoms with van der Waals surface area (Å²) in [5, 5.41) is 8.89. The molecule has 0 saturated carbocycles. The largest absolute Gasteiger partial charge is 0.355 e. The molecule has 2 heterocycles. The van der Waals surface area contributed by atoms with Gasteiger partial charge in [-0.1, -0.05) is 6.92 Å². The Hall–Kier alpha value is -1.63. The van der Waals surface area contributed by atoms with Crippen LogP contribution < -0.4 is 4.90 Å². The van der Waals surface area contributed by atoms with Crippen molar-refractivity contribution in [2.45, 2.75) is 13.3 Å². The second kappa shape index (κ2) is 3.62. The van der Waals surface area contributed by atoms with Crippen LogP contribution in [0.4, 0.5) is 5.82 Å². The molecule has 4 nitrogen and oxygen atoms in total. The third-order valence-electron chi connectivity index (χ3n) is 2.54. The summed E-state index contributed by atoms with van der Waals surface area (Å²) in [6.07, 6.45) is 4.25. The molecule has 0 N–H and O–H groups in total. The first-order chi connectivity index (χ1) is 6.81. The number of hydrogen-bond acceptors (Lipinski definition) is 4. The van der Waals surface area contributed by atoms with Gasteiger partial charge in [0.25, 0.3) is 0 Å². The monoisotopic (exact) mass is 188 g/mol. The molecule has 4 heteroatoms. The zero-order chi connectivity index (χ0) is 9.97. The van der Waals surface area contributed by atoms with Gasteiger partial charge in [0.1, 0.15) is 23.8 Å². The van der Waals surface area contributed by atoms with Gasteiger partial charge in [-0.2, -0.15) is 5.26 Å². The molecule has 0 aliphatic carbocycles. The minimum absolute atomic E-state index is 0.571. The molecule has 0 radical (unpaired) electrons. The van der Waals surface area contributed by atoms with Crippen molar-refractivity contribution in [1.82, 2.24) is 9.97 Å². The number of hydrogen-bond donors (Lipinski definition) is 0. The zero-order valence-corrected chi connectivity index (χ0v) is 8.14. The van der Waals surface area contributed by atoms with Crippen LogP contribution in [0.3, 0.4) is 0 Å². The quantitative estimate of drug-likeness (QED) is 0.664. The molecule has 1 unspecified atom stereocenters. The molecule has 1 aliphatic rings. The molecule has 0 spiro atoms. The Labute approximate surface area is 83.2 Å². The van der Waals surface area contributed by atoms with Gasteiger partial charge in [-0.05, 0) is 12.3 Å². The molecule has 2 rings (SSSR count). The van der Waals surface area contributed by atoms with E-state index >= 15 is 0 Å². The molecule has 1 aromatic rings. The molecular weight excluding hydrogens is 176 g/mol.